The van der Waals surface area contributed by atoms with Crippen molar-refractivity contribution in [3.05, 3.63) is 46.3 Å². The number of benzene rings is 1. The van der Waals surface area contributed by atoms with E-state index in [4.69, 9.17) is 5.11 Å². The van der Waals surface area contributed by atoms with E-state index >= 15 is 0 Å². The van der Waals surface area contributed by atoms with Gasteiger partial charge in [-0.2, -0.15) is 5.10 Å². The van der Waals surface area contributed by atoms with Crippen molar-refractivity contribution < 1.29 is 5.11 Å². The van der Waals surface area contributed by atoms with E-state index in [1.165, 1.54) is 11.3 Å². The third-order valence-electron chi connectivity index (χ3n) is 3.33. The predicted octanol–water partition coefficient (Wildman–Crippen LogP) is 2.60. The normalized spacial score (nSPS) is 10.9. The maximum absolute atomic E-state index is 9.10. The van der Waals surface area contributed by atoms with E-state index in [0.29, 0.717) is 0 Å². The molecule has 0 fully saturated rings. The zero-order chi connectivity index (χ0) is 12.6. The molecule has 0 unspecified atom stereocenters. The van der Waals surface area contributed by atoms with Crippen LogP contribution in [-0.4, -0.2) is 14.9 Å². The quantitative estimate of drug-likeness (QED) is 0.861. The van der Waals surface area contributed by atoms with Crippen molar-refractivity contribution in [3.63, 3.8) is 0 Å². The second kappa shape index (κ2) is 4.34. The summed E-state index contributed by atoms with van der Waals surface area (Å²) in [4.78, 5) is 0. The number of aliphatic hydroxyl groups excluding tert-OH is 1. The fourth-order valence-electron chi connectivity index (χ4n) is 2.01. The van der Waals surface area contributed by atoms with Gasteiger partial charge in [0.25, 0.3) is 0 Å². The van der Waals surface area contributed by atoms with Crippen LogP contribution >= 0.6 is 0 Å². The lowest BCUT2D eigenvalue weighted by molar-refractivity contribution is 0.282. The van der Waals surface area contributed by atoms with Crippen LogP contribution in [0.25, 0.3) is 5.69 Å². The summed E-state index contributed by atoms with van der Waals surface area (Å²) in [5, 5.41) is 13.7. The second-order valence-corrected chi connectivity index (χ2v) is 4.49. The summed E-state index contributed by atoms with van der Waals surface area (Å²) in [5.74, 6) is 0. The highest BCUT2D eigenvalue weighted by atomic mass is 16.3. The van der Waals surface area contributed by atoms with Crippen molar-refractivity contribution in [2.24, 2.45) is 0 Å². The standard InChI is InChI=1S/C14H18N2O/c1-9-7-13(8-17)5-6-14(9)16-12(4)10(2)11(3)15-16/h5-7,17H,8H2,1-4H3. The molecule has 0 spiro atoms. The molecule has 0 amide bonds. The molecule has 3 nitrogen and oxygen atoms in total. The third-order valence-corrected chi connectivity index (χ3v) is 3.33. The molecular weight excluding hydrogens is 212 g/mol. The Hall–Kier alpha value is -1.61. The molecule has 0 saturated heterocycles. The van der Waals surface area contributed by atoms with Crippen molar-refractivity contribution in [1.82, 2.24) is 9.78 Å². The van der Waals surface area contributed by atoms with Crippen LogP contribution < -0.4 is 0 Å². The van der Waals surface area contributed by atoms with E-state index < -0.39 is 0 Å². The third kappa shape index (κ3) is 1.98. The summed E-state index contributed by atoms with van der Waals surface area (Å²) in [6.45, 7) is 8.31. The minimum absolute atomic E-state index is 0.0806. The molecule has 1 N–H and O–H groups in total. The van der Waals surface area contributed by atoms with Gasteiger partial charge in [0.15, 0.2) is 0 Å². The van der Waals surface area contributed by atoms with Gasteiger partial charge in [0, 0.05) is 5.69 Å². The first-order valence-electron chi connectivity index (χ1n) is 5.78. The van der Waals surface area contributed by atoms with E-state index in [2.05, 4.69) is 18.9 Å². The Kier molecular flexibility index (Phi) is 3.03. The average Bonchev–Trinajstić information content (AvgIpc) is 2.57. The highest BCUT2D eigenvalue weighted by Crippen LogP contribution is 2.20. The molecule has 0 bridgehead atoms. The molecule has 0 radical (unpaired) electrons. The molecule has 17 heavy (non-hydrogen) atoms. The fourth-order valence-corrected chi connectivity index (χ4v) is 2.01. The number of aromatic nitrogens is 2. The number of aryl methyl sites for hydroxylation is 2. The molecule has 0 aliphatic heterocycles. The van der Waals surface area contributed by atoms with Crippen LogP contribution in [0.5, 0.6) is 0 Å². The molecule has 2 aromatic rings. The Bertz CT molecular complexity index is 556. The van der Waals surface area contributed by atoms with Crippen LogP contribution in [0.2, 0.25) is 0 Å². The first-order chi connectivity index (χ1) is 8.04. The number of rotatable bonds is 2. The van der Waals surface area contributed by atoms with Crippen molar-refractivity contribution in [3.8, 4) is 5.69 Å². The molecule has 0 atom stereocenters. The number of hydrogen-bond donors (Lipinski definition) is 1. The zero-order valence-electron chi connectivity index (χ0n) is 10.8. The molecule has 0 saturated carbocycles. The van der Waals surface area contributed by atoms with Gasteiger partial charge in [-0.15, -0.1) is 0 Å². The van der Waals surface area contributed by atoms with Gasteiger partial charge < -0.3 is 5.11 Å². The lowest BCUT2D eigenvalue weighted by atomic mass is 10.1. The molecule has 1 aromatic carbocycles. The van der Waals surface area contributed by atoms with E-state index in [0.717, 1.165) is 22.5 Å². The van der Waals surface area contributed by atoms with Crippen LogP contribution in [0.4, 0.5) is 0 Å². The van der Waals surface area contributed by atoms with Gasteiger partial charge in [-0.1, -0.05) is 12.1 Å². The molecule has 3 heteroatoms. The van der Waals surface area contributed by atoms with Gasteiger partial charge >= 0.3 is 0 Å². The Morgan fingerprint density at radius 1 is 1.18 bits per heavy atom. The first-order valence-corrected chi connectivity index (χ1v) is 5.78. The van der Waals surface area contributed by atoms with Crippen molar-refractivity contribution in [2.75, 3.05) is 0 Å². The van der Waals surface area contributed by atoms with E-state index in [-0.39, 0.29) is 6.61 Å². The minimum Gasteiger partial charge on any atom is -0.392 e. The van der Waals surface area contributed by atoms with E-state index in [9.17, 15) is 0 Å². The van der Waals surface area contributed by atoms with Crippen molar-refractivity contribution in [2.45, 2.75) is 34.3 Å². The topological polar surface area (TPSA) is 38.0 Å². The second-order valence-electron chi connectivity index (χ2n) is 4.49. The summed E-state index contributed by atoms with van der Waals surface area (Å²) in [5.41, 5.74) is 6.61. The largest absolute Gasteiger partial charge is 0.392 e. The lowest BCUT2D eigenvalue weighted by Crippen LogP contribution is -2.02. The zero-order valence-corrected chi connectivity index (χ0v) is 10.8. The summed E-state index contributed by atoms with van der Waals surface area (Å²) >= 11 is 0. The summed E-state index contributed by atoms with van der Waals surface area (Å²) in [7, 11) is 0. The van der Waals surface area contributed by atoms with Gasteiger partial charge in [-0.25, -0.2) is 4.68 Å². The molecule has 1 aromatic heterocycles. The fraction of sp³-hybridized carbons (Fsp3) is 0.357. The monoisotopic (exact) mass is 230 g/mol. The van der Waals surface area contributed by atoms with E-state index in [1.54, 1.807) is 0 Å². The molecule has 2 rings (SSSR count). The van der Waals surface area contributed by atoms with Crippen LogP contribution in [0, 0.1) is 27.7 Å². The highest BCUT2D eigenvalue weighted by molar-refractivity contribution is 5.44. The summed E-state index contributed by atoms with van der Waals surface area (Å²) in [6, 6.07) is 5.95. The Morgan fingerprint density at radius 3 is 2.35 bits per heavy atom. The number of aliphatic hydroxyl groups is 1. The highest BCUT2D eigenvalue weighted by Gasteiger charge is 2.10. The van der Waals surface area contributed by atoms with Gasteiger partial charge in [-0.3, -0.25) is 0 Å². The first kappa shape index (κ1) is 11.9. The summed E-state index contributed by atoms with van der Waals surface area (Å²) < 4.78 is 1.97. The van der Waals surface area contributed by atoms with Crippen LogP contribution in [0.15, 0.2) is 18.2 Å². The van der Waals surface area contributed by atoms with Crippen LogP contribution in [-0.2, 0) is 6.61 Å². The number of nitrogens with zero attached hydrogens (tertiary/aromatic N) is 2. The van der Waals surface area contributed by atoms with Gasteiger partial charge in [0.1, 0.15) is 0 Å². The SMILES string of the molecule is Cc1cc(CO)ccc1-n1nc(C)c(C)c1C. The van der Waals surface area contributed by atoms with Crippen LogP contribution in [0.3, 0.4) is 0 Å². The lowest BCUT2D eigenvalue weighted by Gasteiger charge is -2.09. The Balaban J connectivity index is 2.57. The smallest absolute Gasteiger partial charge is 0.0681 e. The predicted molar refractivity (Wildman–Crippen MR) is 68.4 cm³/mol. The van der Waals surface area contributed by atoms with Crippen molar-refractivity contribution >= 4 is 0 Å². The molecule has 0 aliphatic rings. The Morgan fingerprint density at radius 2 is 1.88 bits per heavy atom. The van der Waals surface area contributed by atoms with Gasteiger partial charge in [0.05, 0.1) is 18.0 Å². The number of hydrogen-bond acceptors (Lipinski definition) is 2. The summed E-state index contributed by atoms with van der Waals surface area (Å²) in [6.07, 6.45) is 0. The van der Waals surface area contributed by atoms with E-state index in [1.807, 2.05) is 36.7 Å². The minimum atomic E-state index is 0.0806. The molecule has 0 aliphatic carbocycles. The average molecular weight is 230 g/mol. The van der Waals surface area contributed by atoms with Gasteiger partial charge in [0.2, 0.25) is 0 Å². The molecule has 1 heterocycles. The van der Waals surface area contributed by atoms with Gasteiger partial charge in [-0.05, 0) is 50.5 Å². The maximum atomic E-state index is 9.10. The van der Waals surface area contributed by atoms with Crippen LogP contribution in [0.1, 0.15) is 28.1 Å². The molecule has 90 valence electrons. The Labute approximate surface area is 102 Å². The van der Waals surface area contributed by atoms with Crippen molar-refractivity contribution in [1.29, 1.82) is 0 Å². The molecular formula is C14H18N2O. The maximum Gasteiger partial charge on any atom is 0.0681 e.